The third-order valence-corrected chi connectivity index (χ3v) is 3.58. The Bertz CT molecular complexity index is 424. The maximum atomic E-state index is 12.4. The van der Waals surface area contributed by atoms with Crippen LogP contribution in [-0.4, -0.2) is 44.9 Å². The van der Waals surface area contributed by atoms with Gasteiger partial charge in [-0.25, -0.2) is 0 Å². The number of carbonyl (C=O) groups excluding carboxylic acids is 1. The first-order valence-electron chi connectivity index (χ1n) is 6.34. The normalized spacial score (nSPS) is 16.1. The molecule has 0 bridgehead atoms. The molecule has 1 amide bonds. The maximum Gasteiger partial charge on any atom is 0.259 e. The first kappa shape index (κ1) is 12.9. The van der Waals surface area contributed by atoms with E-state index in [0.717, 1.165) is 25.7 Å². The Balaban J connectivity index is 2.19. The fraction of sp³-hybridized carbons (Fsp3) is 0.667. The number of hydrogen-bond acceptors (Lipinski definition) is 4. The summed E-state index contributed by atoms with van der Waals surface area (Å²) >= 11 is 0. The van der Waals surface area contributed by atoms with Crippen LogP contribution < -0.4 is 5.73 Å². The maximum absolute atomic E-state index is 12.4. The zero-order chi connectivity index (χ0) is 13.1. The molecule has 0 spiro atoms. The van der Waals surface area contributed by atoms with Crippen LogP contribution in [0.15, 0.2) is 6.20 Å². The van der Waals surface area contributed by atoms with Crippen LogP contribution in [0, 0.1) is 0 Å². The number of nitrogens with two attached hydrogens (primary N) is 1. The van der Waals surface area contributed by atoms with Gasteiger partial charge in [0.1, 0.15) is 11.4 Å². The number of aromatic nitrogens is 2. The van der Waals surface area contributed by atoms with E-state index in [1.165, 1.54) is 10.9 Å². The topological polar surface area (TPSA) is 84.4 Å². The Morgan fingerprint density at radius 3 is 2.78 bits per heavy atom. The number of carbonyl (C=O) groups is 1. The second-order valence-corrected chi connectivity index (χ2v) is 4.73. The molecule has 1 aromatic heterocycles. The van der Waals surface area contributed by atoms with Gasteiger partial charge in [-0.3, -0.25) is 9.48 Å². The second kappa shape index (κ2) is 5.39. The fourth-order valence-electron chi connectivity index (χ4n) is 2.54. The van der Waals surface area contributed by atoms with Gasteiger partial charge in [-0.15, -0.1) is 0 Å². The number of nitrogen functional groups attached to an aromatic ring is 1. The van der Waals surface area contributed by atoms with Gasteiger partial charge in [0.15, 0.2) is 0 Å². The van der Waals surface area contributed by atoms with Crippen molar-refractivity contribution in [3.63, 3.8) is 0 Å². The van der Waals surface area contributed by atoms with Crippen LogP contribution in [0.1, 0.15) is 36.0 Å². The highest BCUT2D eigenvalue weighted by Gasteiger charge is 2.28. The average molecular weight is 252 g/mol. The summed E-state index contributed by atoms with van der Waals surface area (Å²) in [5.41, 5.74) is 6.26. The van der Waals surface area contributed by atoms with Crippen molar-refractivity contribution in [3.05, 3.63) is 11.8 Å². The lowest BCUT2D eigenvalue weighted by Gasteiger charge is -2.28. The largest absolute Gasteiger partial charge is 0.395 e. The summed E-state index contributed by atoms with van der Waals surface area (Å²) in [6.07, 6.45) is 5.79. The zero-order valence-corrected chi connectivity index (χ0v) is 10.7. The van der Waals surface area contributed by atoms with Crippen molar-refractivity contribution in [3.8, 4) is 0 Å². The third-order valence-electron chi connectivity index (χ3n) is 3.58. The molecule has 6 heteroatoms. The van der Waals surface area contributed by atoms with Gasteiger partial charge in [-0.1, -0.05) is 12.8 Å². The molecule has 0 aliphatic heterocycles. The molecule has 1 aliphatic rings. The lowest BCUT2D eigenvalue weighted by Crippen LogP contribution is -2.40. The molecule has 1 saturated carbocycles. The third kappa shape index (κ3) is 2.33. The predicted octanol–water partition coefficient (Wildman–Crippen LogP) is 0.379. The number of anilines is 1. The summed E-state index contributed by atoms with van der Waals surface area (Å²) in [6.45, 7) is 0.334. The minimum atomic E-state index is -0.124. The van der Waals surface area contributed by atoms with Gasteiger partial charge < -0.3 is 15.7 Å². The molecule has 0 aromatic carbocycles. The molecule has 1 aromatic rings. The smallest absolute Gasteiger partial charge is 0.259 e. The highest BCUT2D eigenvalue weighted by atomic mass is 16.3. The van der Waals surface area contributed by atoms with E-state index >= 15 is 0 Å². The van der Waals surface area contributed by atoms with E-state index in [-0.39, 0.29) is 18.6 Å². The average Bonchev–Trinajstić information content (AvgIpc) is 2.98. The molecule has 1 aliphatic carbocycles. The van der Waals surface area contributed by atoms with Gasteiger partial charge in [0.2, 0.25) is 0 Å². The number of aryl methyl sites for hydroxylation is 1. The molecule has 0 saturated heterocycles. The lowest BCUT2D eigenvalue weighted by atomic mass is 10.1. The quantitative estimate of drug-likeness (QED) is 0.811. The van der Waals surface area contributed by atoms with Crippen LogP contribution in [0.5, 0.6) is 0 Å². The van der Waals surface area contributed by atoms with Crippen molar-refractivity contribution in [2.75, 3.05) is 18.9 Å². The van der Waals surface area contributed by atoms with Crippen molar-refractivity contribution in [1.82, 2.24) is 14.7 Å². The second-order valence-electron chi connectivity index (χ2n) is 4.73. The Labute approximate surface area is 106 Å². The van der Waals surface area contributed by atoms with Crippen molar-refractivity contribution < 1.29 is 9.90 Å². The van der Waals surface area contributed by atoms with Crippen LogP contribution in [-0.2, 0) is 7.05 Å². The molecular formula is C12H20N4O2. The van der Waals surface area contributed by atoms with E-state index in [0.29, 0.717) is 17.9 Å². The zero-order valence-electron chi connectivity index (χ0n) is 10.7. The van der Waals surface area contributed by atoms with E-state index < -0.39 is 0 Å². The van der Waals surface area contributed by atoms with E-state index in [4.69, 9.17) is 10.8 Å². The van der Waals surface area contributed by atoms with Crippen molar-refractivity contribution in [2.24, 2.45) is 7.05 Å². The fourth-order valence-corrected chi connectivity index (χ4v) is 2.54. The minimum absolute atomic E-state index is 0.0254. The van der Waals surface area contributed by atoms with Gasteiger partial charge >= 0.3 is 0 Å². The molecule has 1 fully saturated rings. The van der Waals surface area contributed by atoms with Crippen LogP contribution >= 0.6 is 0 Å². The molecule has 6 nitrogen and oxygen atoms in total. The summed E-state index contributed by atoms with van der Waals surface area (Å²) < 4.78 is 1.49. The highest BCUT2D eigenvalue weighted by molar-refractivity contribution is 5.98. The number of nitrogens with zero attached hydrogens (tertiary/aromatic N) is 3. The molecule has 2 rings (SSSR count). The van der Waals surface area contributed by atoms with Crippen LogP contribution in [0.3, 0.4) is 0 Å². The number of aliphatic hydroxyl groups excluding tert-OH is 1. The van der Waals surface area contributed by atoms with Gasteiger partial charge in [-0.2, -0.15) is 5.10 Å². The first-order valence-corrected chi connectivity index (χ1v) is 6.34. The molecule has 0 atom stereocenters. The van der Waals surface area contributed by atoms with Gasteiger partial charge in [-0.05, 0) is 12.8 Å². The molecular weight excluding hydrogens is 232 g/mol. The van der Waals surface area contributed by atoms with Crippen LogP contribution in [0.2, 0.25) is 0 Å². The van der Waals surface area contributed by atoms with Crippen molar-refractivity contribution in [1.29, 1.82) is 0 Å². The van der Waals surface area contributed by atoms with Gasteiger partial charge in [0, 0.05) is 19.6 Å². The minimum Gasteiger partial charge on any atom is -0.395 e. The first-order chi connectivity index (χ1) is 8.65. The van der Waals surface area contributed by atoms with E-state index in [1.54, 1.807) is 11.9 Å². The highest BCUT2D eigenvalue weighted by Crippen LogP contribution is 2.25. The molecule has 18 heavy (non-hydrogen) atoms. The van der Waals surface area contributed by atoms with Crippen molar-refractivity contribution >= 4 is 11.7 Å². The van der Waals surface area contributed by atoms with Gasteiger partial charge in [0.05, 0.1) is 12.8 Å². The SMILES string of the molecule is Cn1ncc(C(=O)N(CCO)C2CCCC2)c1N. The number of rotatable bonds is 4. The molecule has 3 N–H and O–H groups in total. The van der Waals surface area contributed by atoms with E-state index in [2.05, 4.69) is 5.10 Å². The molecule has 100 valence electrons. The summed E-state index contributed by atoms with van der Waals surface area (Å²) in [7, 11) is 1.71. The Hall–Kier alpha value is -1.56. The van der Waals surface area contributed by atoms with Crippen LogP contribution in [0.25, 0.3) is 0 Å². The molecule has 0 unspecified atom stereocenters. The van der Waals surface area contributed by atoms with E-state index in [1.807, 2.05) is 0 Å². The van der Waals surface area contributed by atoms with Crippen LogP contribution in [0.4, 0.5) is 5.82 Å². The van der Waals surface area contributed by atoms with Crippen molar-refractivity contribution in [2.45, 2.75) is 31.7 Å². The Kier molecular flexibility index (Phi) is 3.86. The van der Waals surface area contributed by atoms with Gasteiger partial charge in [0.25, 0.3) is 5.91 Å². The Morgan fingerprint density at radius 1 is 1.61 bits per heavy atom. The lowest BCUT2D eigenvalue weighted by molar-refractivity contribution is 0.0639. The number of amides is 1. The molecule has 1 heterocycles. The monoisotopic (exact) mass is 252 g/mol. The Morgan fingerprint density at radius 2 is 2.28 bits per heavy atom. The number of aliphatic hydroxyl groups is 1. The predicted molar refractivity (Wildman–Crippen MR) is 68.0 cm³/mol. The summed E-state index contributed by atoms with van der Waals surface area (Å²) in [5.74, 6) is 0.252. The summed E-state index contributed by atoms with van der Waals surface area (Å²) in [6, 6.07) is 0.226. The van der Waals surface area contributed by atoms with E-state index in [9.17, 15) is 4.79 Å². The molecule has 0 radical (unpaired) electrons. The number of hydrogen-bond donors (Lipinski definition) is 2. The summed E-state index contributed by atoms with van der Waals surface area (Å²) in [5, 5.41) is 13.1. The standard InChI is InChI=1S/C12H20N4O2/c1-15-11(13)10(8-14-15)12(18)16(6-7-17)9-4-2-3-5-9/h8-9,17H,2-7,13H2,1H3. The summed E-state index contributed by atoms with van der Waals surface area (Å²) in [4.78, 5) is 14.2.